The largest absolute Gasteiger partial charge is 0.502 e. The molecule has 304 valence electrons. The van der Waals surface area contributed by atoms with Gasteiger partial charge in [0.05, 0.1) is 24.5 Å². The van der Waals surface area contributed by atoms with Gasteiger partial charge in [-0.25, -0.2) is 0 Å². The van der Waals surface area contributed by atoms with Gasteiger partial charge < -0.3 is 19.6 Å². The molecule has 0 bridgehead atoms. The Morgan fingerprint density at radius 1 is 0.633 bits per heavy atom. The summed E-state index contributed by atoms with van der Waals surface area (Å²) in [5, 5.41) is 20.1. The second-order valence-corrected chi connectivity index (χ2v) is 16.5. The Hall–Kier alpha value is -6.82. The lowest BCUT2D eigenvalue weighted by Crippen LogP contribution is -2.48. The fraction of sp³-hybridized carbons (Fsp3) is 0.292. The minimum absolute atomic E-state index is 0.0837. The van der Waals surface area contributed by atoms with E-state index < -0.39 is 34.5 Å². The Kier molecular flexibility index (Phi) is 10.4. The number of ether oxygens (including phenoxy) is 1. The summed E-state index contributed by atoms with van der Waals surface area (Å²) in [6.45, 7) is 5.77. The first kappa shape index (κ1) is 38.7. The van der Waals surface area contributed by atoms with Gasteiger partial charge in [0, 0.05) is 38.0 Å². The molecular formula is C48H46N6O6. The topological polar surface area (TPSA) is 140 Å². The number of aromatic nitrogens is 4. The molecule has 3 aliphatic rings. The summed E-state index contributed by atoms with van der Waals surface area (Å²) >= 11 is 0. The van der Waals surface area contributed by atoms with Gasteiger partial charge in [-0.3, -0.25) is 28.5 Å². The van der Waals surface area contributed by atoms with Crippen molar-refractivity contribution in [2.75, 3.05) is 26.2 Å². The second kappa shape index (κ2) is 16.1. The van der Waals surface area contributed by atoms with Crippen molar-refractivity contribution in [3.05, 3.63) is 182 Å². The van der Waals surface area contributed by atoms with Crippen molar-refractivity contribution < 1.29 is 19.4 Å². The predicted octanol–water partition coefficient (Wildman–Crippen LogP) is 7.02. The molecule has 0 radical (unpaired) electrons. The average molecular weight is 803 g/mol. The summed E-state index contributed by atoms with van der Waals surface area (Å²) in [7, 11) is 0. The third kappa shape index (κ3) is 7.38. The molecule has 1 N–H and O–H groups in total. The molecule has 12 heteroatoms. The van der Waals surface area contributed by atoms with E-state index in [0.717, 1.165) is 41.3 Å². The standard InChI is InChI=1S/C48H46N6O6/c1-30(2)26-51-28-37(41(32-13-6-3-7-14-32)33-15-8-4-9-16-33)54-44(48(51)59)46(40(56)25-50-54)60-36-20-12-19-35(23-36)42(34-17-10-5-11-18-34)38-29-52(27-31-21-22-31)47(58)43-45(57)39(55)24-49-53(38)43/h3-20,23-25,30-31,37-38,41-42,57H,21-22,26-29H2,1-2H3. The van der Waals surface area contributed by atoms with Crippen molar-refractivity contribution >= 4 is 11.8 Å². The van der Waals surface area contributed by atoms with Gasteiger partial charge in [0.1, 0.15) is 5.75 Å². The molecule has 3 atom stereocenters. The predicted molar refractivity (Wildman–Crippen MR) is 226 cm³/mol. The highest BCUT2D eigenvalue weighted by molar-refractivity contribution is 5.96. The van der Waals surface area contributed by atoms with E-state index in [1.54, 1.807) is 15.6 Å². The van der Waals surface area contributed by atoms with E-state index in [-0.39, 0.29) is 47.5 Å². The van der Waals surface area contributed by atoms with Crippen LogP contribution in [0.4, 0.5) is 0 Å². The molecule has 9 rings (SSSR count). The fourth-order valence-electron chi connectivity index (χ4n) is 8.98. The van der Waals surface area contributed by atoms with Gasteiger partial charge in [-0.15, -0.1) is 0 Å². The van der Waals surface area contributed by atoms with Crippen molar-refractivity contribution in [3.8, 4) is 17.2 Å². The number of nitrogens with zero attached hydrogens (tertiary/aromatic N) is 6. The zero-order chi connectivity index (χ0) is 41.5. The van der Waals surface area contributed by atoms with E-state index in [1.807, 2.05) is 89.8 Å². The number of rotatable bonds is 12. The number of hydrogen-bond acceptors (Lipinski definition) is 8. The Morgan fingerprint density at radius 2 is 1.13 bits per heavy atom. The first-order chi connectivity index (χ1) is 29.2. The molecule has 4 heterocycles. The summed E-state index contributed by atoms with van der Waals surface area (Å²) in [5.74, 6) is -1.32. The minimum atomic E-state index is -0.720. The zero-order valence-corrected chi connectivity index (χ0v) is 33.5. The lowest BCUT2D eigenvalue weighted by Gasteiger charge is -2.40. The average Bonchev–Trinajstić information content (AvgIpc) is 4.08. The summed E-state index contributed by atoms with van der Waals surface area (Å²) in [4.78, 5) is 58.6. The van der Waals surface area contributed by atoms with Crippen molar-refractivity contribution in [1.82, 2.24) is 29.4 Å². The van der Waals surface area contributed by atoms with Crippen LogP contribution in [0.1, 0.15) is 93.8 Å². The third-order valence-electron chi connectivity index (χ3n) is 11.8. The van der Waals surface area contributed by atoms with Crippen LogP contribution in [-0.4, -0.2) is 72.5 Å². The lowest BCUT2D eigenvalue weighted by atomic mass is 9.83. The van der Waals surface area contributed by atoms with E-state index in [0.29, 0.717) is 31.3 Å². The number of fused-ring (bicyclic) bond motifs is 2. The molecule has 4 aromatic carbocycles. The molecule has 0 saturated heterocycles. The summed E-state index contributed by atoms with van der Waals surface area (Å²) < 4.78 is 9.76. The molecule has 2 amide bonds. The molecule has 1 saturated carbocycles. The molecule has 3 unspecified atom stereocenters. The van der Waals surface area contributed by atoms with Crippen LogP contribution < -0.4 is 15.6 Å². The molecule has 2 aliphatic heterocycles. The van der Waals surface area contributed by atoms with Crippen molar-refractivity contribution in [2.45, 2.75) is 50.6 Å². The Morgan fingerprint density at radius 3 is 1.70 bits per heavy atom. The van der Waals surface area contributed by atoms with Crippen LogP contribution in [0.3, 0.4) is 0 Å². The first-order valence-corrected chi connectivity index (χ1v) is 20.6. The van der Waals surface area contributed by atoms with E-state index >= 15 is 0 Å². The number of aromatic hydroxyl groups is 1. The van der Waals surface area contributed by atoms with Crippen LogP contribution in [0.15, 0.2) is 137 Å². The number of amides is 2. The minimum Gasteiger partial charge on any atom is -0.502 e. The normalized spacial score (nSPS) is 18.1. The monoisotopic (exact) mass is 802 g/mol. The third-order valence-corrected chi connectivity index (χ3v) is 11.8. The molecule has 1 aliphatic carbocycles. The van der Waals surface area contributed by atoms with E-state index in [1.165, 1.54) is 10.9 Å². The highest BCUT2D eigenvalue weighted by Gasteiger charge is 2.43. The van der Waals surface area contributed by atoms with Gasteiger partial charge in [0.15, 0.2) is 17.1 Å². The Bertz CT molecular complexity index is 2620. The fourth-order valence-corrected chi connectivity index (χ4v) is 8.98. The molecule has 2 aromatic heterocycles. The number of carbonyl (C=O) groups excluding carboxylic acids is 2. The van der Waals surface area contributed by atoms with E-state index in [9.17, 15) is 24.3 Å². The number of carbonyl (C=O) groups is 2. The van der Waals surface area contributed by atoms with Crippen LogP contribution in [0.25, 0.3) is 0 Å². The van der Waals surface area contributed by atoms with E-state index in [2.05, 4.69) is 48.3 Å². The highest BCUT2D eigenvalue weighted by Crippen LogP contribution is 2.43. The van der Waals surface area contributed by atoms with Gasteiger partial charge in [-0.1, -0.05) is 117 Å². The summed E-state index contributed by atoms with van der Waals surface area (Å²) in [6.07, 6.45) is 4.30. The maximum atomic E-state index is 14.6. The van der Waals surface area contributed by atoms with Crippen molar-refractivity contribution in [2.24, 2.45) is 11.8 Å². The van der Waals surface area contributed by atoms with Crippen LogP contribution in [-0.2, 0) is 0 Å². The number of hydrogen-bond donors (Lipinski definition) is 1. The summed E-state index contributed by atoms with van der Waals surface area (Å²) in [6, 6.07) is 36.5. The first-order valence-electron chi connectivity index (χ1n) is 20.6. The van der Waals surface area contributed by atoms with Crippen LogP contribution >= 0.6 is 0 Å². The van der Waals surface area contributed by atoms with Crippen LogP contribution in [0.5, 0.6) is 17.2 Å². The second-order valence-electron chi connectivity index (χ2n) is 16.5. The molecule has 12 nitrogen and oxygen atoms in total. The quantitative estimate of drug-likeness (QED) is 0.139. The van der Waals surface area contributed by atoms with Crippen molar-refractivity contribution in [3.63, 3.8) is 0 Å². The zero-order valence-electron chi connectivity index (χ0n) is 33.5. The lowest BCUT2D eigenvalue weighted by molar-refractivity contribution is 0.0607. The molecule has 60 heavy (non-hydrogen) atoms. The highest BCUT2D eigenvalue weighted by atomic mass is 16.5. The Labute approximate surface area is 347 Å². The van der Waals surface area contributed by atoms with E-state index in [4.69, 9.17) is 4.74 Å². The maximum Gasteiger partial charge on any atom is 0.276 e. The van der Waals surface area contributed by atoms with Gasteiger partial charge in [0.25, 0.3) is 11.8 Å². The SMILES string of the molecule is CC(C)CN1CC(C(c2ccccc2)c2ccccc2)n2ncc(=O)c(Oc3cccc(C(c4ccccc4)C4CN(CC5CC5)C(=O)c5c(O)c(=O)cnn54)c3)c2C1=O. The molecule has 6 aromatic rings. The molecular weight excluding hydrogens is 757 g/mol. The van der Waals surface area contributed by atoms with Crippen molar-refractivity contribution in [1.29, 1.82) is 0 Å². The molecule has 1 fully saturated rings. The van der Waals surface area contributed by atoms with Gasteiger partial charge in [-0.2, -0.15) is 10.2 Å². The Balaban J connectivity index is 1.15. The maximum absolute atomic E-state index is 14.6. The van der Waals surface area contributed by atoms with Gasteiger partial charge >= 0.3 is 0 Å². The molecule has 0 spiro atoms. The summed E-state index contributed by atoms with van der Waals surface area (Å²) in [5.41, 5.74) is 2.49. The van der Waals surface area contributed by atoms with Gasteiger partial charge in [0.2, 0.25) is 16.6 Å². The van der Waals surface area contributed by atoms with Crippen LogP contribution in [0, 0.1) is 11.8 Å². The van der Waals surface area contributed by atoms with Crippen LogP contribution in [0.2, 0.25) is 0 Å². The van der Waals surface area contributed by atoms with Gasteiger partial charge in [-0.05, 0) is 59.1 Å². The smallest absolute Gasteiger partial charge is 0.276 e. The number of benzene rings is 4.